The minimum atomic E-state index is -6.09. The summed E-state index contributed by atoms with van der Waals surface area (Å²) in [6.07, 6.45) is 0. The standard InChI is InChI=1S/C18H9F6S.CHF3O3S/c19-10-1-11(20)5-16(4-10)25(17-6-12(21)2-13(22)7-17)18-8-14(23)3-15(24)9-18;2-1(3,4)8(5,6)7/h1-9H;(H,5,6,7)/q+1;/p-1. The molecule has 0 aromatic heterocycles. The van der Waals surface area contributed by atoms with E-state index in [0.717, 1.165) is 36.4 Å². The zero-order valence-electron chi connectivity index (χ0n) is 15.6. The number of benzene rings is 3. The second-order valence-electron chi connectivity index (χ2n) is 6.02. The van der Waals surface area contributed by atoms with Crippen molar-refractivity contribution in [3.05, 3.63) is 89.5 Å². The topological polar surface area (TPSA) is 57.2 Å². The number of halogens is 9. The van der Waals surface area contributed by atoms with Crippen molar-refractivity contribution in [2.45, 2.75) is 20.2 Å². The molecule has 0 spiro atoms. The molecule has 3 aromatic rings. The van der Waals surface area contributed by atoms with Crippen LogP contribution in [0.1, 0.15) is 0 Å². The summed E-state index contributed by atoms with van der Waals surface area (Å²) in [4.78, 5) is -0.0208. The molecule has 3 nitrogen and oxygen atoms in total. The first-order chi connectivity index (χ1) is 15.1. The van der Waals surface area contributed by atoms with Crippen LogP contribution in [0.25, 0.3) is 0 Å². The third-order valence-corrected chi connectivity index (χ3v) is 6.19. The molecule has 0 saturated carbocycles. The Labute approximate surface area is 183 Å². The van der Waals surface area contributed by atoms with Gasteiger partial charge in [0.05, 0.1) is 10.9 Å². The van der Waals surface area contributed by atoms with Crippen molar-refractivity contribution < 1.29 is 52.5 Å². The van der Waals surface area contributed by atoms with Gasteiger partial charge in [0, 0.05) is 54.6 Å². The van der Waals surface area contributed by atoms with Gasteiger partial charge < -0.3 is 4.55 Å². The van der Waals surface area contributed by atoms with E-state index in [1.165, 1.54) is 0 Å². The fourth-order valence-corrected chi connectivity index (χ4v) is 4.55. The molecule has 0 N–H and O–H groups in total. The van der Waals surface area contributed by atoms with E-state index in [4.69, 9.17) is 13.0 Å². The summed E-state index contributed by atoms with van der Waals surface area (Å²) in [6.45, 7) is 0. The minimum absolute atomic E-state index is 0.00694. The van der Waals surface area contributed by atoms with E-state index in [2.05, 4.69) is 0 Å². The van der Waals surface area contributed by atoms with Crippen molar-refractivity contribution in [2.75, 3.05) is 0 Å². The average Bonchev–Trinajstić information content (AvgIpc) is 2.58. The Morgan fingerprint density at radius 3 is 0.879 bits per heavy atom. The predicted octanol–water partition coefficient (Wildman–Crippen LogP) is 5.67. The highest BCUT2D eigenvalue weighted by atomic mass is 32.2. The quantitative estimate of drug-likeness (QED) is 0.194. The predicted molar refractivity (Wildman–Crippen MR) is 97.0 cm³/mol. The summed E-state index contributed by atoms with van der Waals surface area (Å²) >= 11 is 0. The van der Waals surface area contributed by atoms with Crippen LogP contribution < -0.4 is 0 Å². The number of hydrogen-bond donors (Lipinski definition) is 0. The Balaban J connectivity index is 0.000000414. The Morgan fingerprint density at radius 2 is 0.727 bits per heavy atom. The minimum Gasteiger partial charge on any atom is -0.741 e. The van der Waals surface area contributed by atoms with Gasteiger partial charge in [0.15, 0.2) is 24.8 Å². The molecule has 33 heavy (non-hydrogen) atoms. The Kier molecular flexibility index (Phi) is 8.09. The van der Waals surface area contributed by atoms with Crippen LogP contribution in [0, 0.1) is 34.9 Å². The van der Waals surface area contributed by atoms with E-state index in [0.29, 0.717) is 18.2 Å². The van der Waals surface area contributed by atoms with E-state index >= 15 is 0 Å². The molecule has 0 aliphatic heterocycles. The van der Waals surface area contributed by atoms with Gasteiger partial charge in [-0.25, -0.2) is 34.8 Å². The lowest BCUT2D eigenvalue weighted by molar-refractivity contribution is -0.0517. The molecule has 0 bridgehead atoms. The lowest BCUT2D eigenvalue weighted by Gasteiger charge is -2.09. The molecule has 178 valence electrons. The molecule has 0 atom stereocenters. The zero-order chi connectivity index (χ0) is 25.1. The van der Waals surface area contributed by atoms with Crippen LogP contribution in [-0.4, -0.2) is 18.5 Å². The first-order valence-electron chi connectivity index (χ1n) is 8.21. The van der Waals surface area contributed by atoms with Crippen LogP contribution in [0.15, 0.2) is 69.3 Å². The fourth-order valence-electron chi connectivity index (χ4n) is 2.35. The van der Waals surface area contributed by atoms with Gasteiger partial charge in [-0.15, -0.1) is 0 Å². The maximum absolute atomic E-state index is 13.6. The lowest BCUT2D eigenvalue weighted by atomic mass is 10.3. The summed E-state index contributed by atoms with van der Waals surface area (Å²) in [5.41, 5.74) is -5.65. The van der Waals surface area contributed by atoms with E-state index in [-0.39, 0.29) is 14.7 Å². The maximum Gasteiger partial charge on any atom is 0.485 e. The van der Waals surface area contributed by atoms with Crippen LogP contribution >= 0.6 is 0 Å². The van der Waals surface area contributed by atoms with Crippen molar-refractivity contribution in [1.82, 2.24) is 0 Å². The number of rotatable bonds is 3. The first-order valence-corrected chi connectivity index (χ1v) is 10.8. The normalized spacial score (nSPS) is 11.8. The second kappa shape index (κ2) is 10.1. The van der Waals surface area contributed by atoms with Crippen LogP contribution in [0.4, 0.5) is 39.5 Å². The monoisotopic (exact) mass is 520 g/mol. The highest BCUT2D eigenvalue weighted by molar-refractivity contribution is 7.97. The summed E-state index contributed by atoms with van der Waals surface area (Å²) < 4.78 is 141. The highest BCUT2D eigenvalue weighted by Gasteiger charge is 2.37. The Morgan fingerprint density at radius 1 is 0.545 bits per heavy atom. The van der Waals surface area contributed by atoms with Gasteiger partial charge >= 0.3 is 5.51 Å². The van der Waals surface area contributed by atoms with E-state index in [9.17, 15) is 39.5 Å². The Bertz CT molecular complexity index is 1080. The summed E-state index contributed by atoms with van der Waals surface area (Å²) in [5.74, 6) is -5.49. The van der Waals surface area contributed by atoms with Crippen molar-refractivity contribution in [2.24, 2.45) is 0 Å². The van der Waals surface area contributed by atoms with Crippen molar-refractivity contribution in [1.29, 1.82) is 0 Å². The van der Waals surface area contributed by atoms with Crippen LogP contribution in [-0.2, 0) is 21.0 Å². The molecule has 14 heteroatoms. The van der Waals surface area contributed by atoms with Crippen LogP contribution in [0.3, 0.4) is 0 Å². The average molecular weight is 520 g/mol. The maximum atomic E-state index is 13.6. The molecule has 0 aliphatic rings. The number of alkyl halides is 3. The van der Waals surface area contributed by atoms with E-state index < -0.39 is 61.4 Å². The molecular formula is C19H9F9O3S2. The molecule has 0 fully saturated rings. The molecule has 3 aromatic carbocycles. The van der Waals surface area contributed by atoms with Crippen LogP contribution in [0.5, 0.6) is 0 Å². The molecule has 0 heterocycles. The van der Waals surface area contributed by atoms with Gasteiger partial charge in [0.25, 0.3) is 0 Å². The van der Waals surface area contributed by atoms with Gasteiger partial charge in [0.1, 0.15) is 34.9 Å². The molecular weight excluding hydrogens is 511 g/mol. The number of hydrogen-bond acceptors (Lipinski definition) is 3. The fraction of sp³-hybridized carbons (Fsp3) is 0.0526. The van der Waals surface area contributed by atoms with Gasteiger partial charge in [-0.3, -0.25) is 0 Å². The highest BCUT2D eigenvalue weighted by Crippen LogP contribution is 2.33. The molecule has 0 saturated heterocycles. The molecule has 3 rings (SSSR count). The van der Waals surface area contributed by atoms with Crippen molar-refractivity contribution >= 4 is 21.0 Å². The van der Waals surface area contributed by atoms with Crippen LogP contribution in [0.2, 0.25) is 0 Å². The summed E-state index contributed by atoms with van der Waals surface area (Å²) in [7, 11) is -7.61. The van der Waals surface area contributed by atoms with Gasteiger partial charge in [-0.05, 0) is 0 Å². The first kappa shape index (κ1) is 26.5. The molecule has 0 unspecified atom stereocenters. The summed E-state index contributed by atoms with van der Waals surface area (Å²) in [5, 5.41) is 0. The third-order valence-electron chi connectivity index (χ3n) is 3.50. The van der Waals surface area contributed by atoms with E-state index in [1.54, 1.807) is 0 Å². The van der Waals surface area contributed by atoms with Gasteiger partial charge in [0.2, 0.25) is 0 Å². The molecule has 0 radical (unpaired) electrons. The lowest BCUT2D eigenvalue weighted by Crippen LogP contribution is -2.21. The summed E-state index contributed by atoms with van der Waals surface area (Å²) in [6, 6.07) is 7.62. The SMILES string of the molecule is Fc1cc(F)cc([S+](c2cc(F)cc(F)c2)c2cc(F)cc(F)c2)c1.O=S(=O)([O-])C(F)(F)F. The van der Waals surface area contributed by atoms with E-state index in [1.807, 2.05) is 0 Å². The second-order valence-corrected chi connectivity index (χ2v) is 9.42. The smallest absolute Gasteiger partial charge is 0.485 e. The Hall–Kier alpha value is -2.71. The molecule has 0 aliphatic carbocycles. The van der Waals surface area contributed by atoms with Crippen molar-refractivity contribution in [3.8, 4) is 0 Å². The van der Waals surface area contributed by atoms with Crippen molar-refractivity contribution in [3.63, 3.8) is 0 Å². The molecule has 0 amide bonds. The third kappa shape index (κ3) is 7.40. The van der Waals surface area contributed by atoms with Gasteiger partial charge in [-0.2, -0.15) is 13.2 Å². The van der Waals surface area contributed by atoms with Gasteiger partial charge in [-0.1, -0.05) is 0 Å². The zero-order valence-corrected chi connectivity index (χ0v) is 17.3. The largest absolute Gasteiger partial charge is 0.741 e.